The molecule has 0 aliphatic carbocycles. The number of hydrogen-bond acceptors (Lipinski definition) is 3. The number of rotatable bonds is 4. The van der Waals surface area contributed by atoms with Crippen molar-refractivity contribution in [3.8, 4) is 11.4 Å². The Morgan fingerprint density at radius 2 is 1.79 bits per heavy atom. The molecule has 24 heavy (non-hydrogen) atoms. The monoisotopic (exact) mass is 349 g/mol. The molecule has 0 fully saturated rings. The fourth-order valence-electron chi connectivity index (χ4n) is 2.34. The Labute approximate surface area is 137 Å². The largest absolute Gasteiger partial charge is 0.326 e. The second-order valence-corrected chi connectivity index (χ2v) is 6.73. The summed E-state index contributed by atoms with van der Waals surface area (Å²) in [6.07, 6.45) is 3.12. The molecule has 1 heterocycles. The van der Waals surface area contributed by atoms with Crippen LogP contribution in [0.4, 0.5) is 8.78 Å². The Hall–Kier alpha value is -2.58. The van der Waals surface area contributed by atoms with Gasteiger partial charge in [-0.05, 0) is 29.8 Å². The highest BCUT2D eigenvalue weighted by molar-refractivity contribution is 7.89. The Morgan fingerprint density at radius 1 is 1.08 bits per heavy atom. The molecule has 3 aromatic rings. The lowest BCUT2D eigenvalue weighted by Crippen LogP contribution is -2.12. The van der Waals surface area contributed by atoms with Gasteiger partial charge in [0.25, 0.3) is 0 Å². The van der Waals surface area contributed by atoms with Crippen molar-refractivity contribution in [1.82, 2.24) is 9.55 Å². The fraction of sp³-hybridized carbons (Fsp3) is 0.0625. The molecule has 5 nitrogen and oxygen atoms in total. The first-order chi connectivity index (χ1) is 11.4. The predicted octanol–water partition coefficient (Wildman–Crippen LogP) is 2.52. The van der Waals surface area contributed by atoms with Crippen LogP contribution in [-0.4, -0.2) is 18.0 Å². The van der Waals surface area contributed by atoms with Crippen LogP contribution in [0, 0.1) is 11.6 Å². The van der Waals surface area contributed by atoms with Gasteiger partial charge in [-0.2, -0.15) is 0 Å². The van der Waals surface area contributed by atoms with Crippen LogP contribution in [0.1, 0.15) is 5.56 Å². The van der Waals surface area contributed by atoms with Crippen molar-refractivity contribution in [3.63, 3.8) is 0 Å². The van der Waals surface area contributed by atoms with Crippen LogP contribution in [0.25, 0.3) is 11.4 Å². The molecular weight excluding hydrogens is 336 g/mol. The van der Waals surface area contributed by atoms with Gasteiger partial charge in [0, 0.05) is 18.9 Å². The molecule has 0 amide bonds. The third-order valence-corrected chi connectivity index (χ3v) is 4.44. The number of nitrogens with two attached hydrogens (primary N) is 1. The van der Waals surface area contributed by atoms with E-state index in [0.717, 1.165) is 11.6 Å². The molecule has 2 N–H and O–H groups in total. The molecule has 0 aliphatic heterocycles. The van der Waals surface area contributed by atoms with E-state index in [9.17, 15) is 17.2 Å². The number of sulfonamides is 1. The average Bonchev–Trinajstić information content (AvgIpc) is 2.98. The summed E-state index contributed by atoms with van der Waals surface area (Å²) in [6, 6.07) is 9.89. The predicted molar refractivity (Wildman–Crippen MR) is 84.5 cm³/mol. The Balaban J connectivity index is 1.93. The first-order valence-electron chi connectivity index (χ1n) is 6.93. The van der Waals surface area contributed by atoms with Crippen molar-refractivity contribution >= 4 is 10.0 Å². The van der Waals surface area contributed by atoms with Crippen molar-refractivity contribution in [2.45, 2.75) is 11.4 Å². The molecular formula is C16H13F2N3O2S. The average molecular weight is 349 g/mol. The van der Waals surface area contributed by atoms with Gasteiger partial charge in [0.2, 0.25) is 10.0 Å². The molecule has 1 aromatic heterocycles. The van der Waals surface area contributed by atoms with Crippen LogP contribution in [0.5, 0.6) is 0 Å². The van der Waals surface area contributed by atoms with Crippen LogP contribution in [0.2, 0.25) is 0 Å². The fourth-order valence-corrected chi connectivity index (χ4v) is 2.85. The van der Waals surface area contributed by atoms with Gasteiger partial charge in [0.15, 0.2) is 11.6 Å². The summed E-state index contributed by atoms with van der Waals surface area (Å²) < 4.78 is 51.5. The van der Waals surface area contributed by atoms with E-state index in [0.29, 0.717) is 6.54 Å². The van der Waals surface area contributed by atoms with Crippen LogP contribution >= 0.6 is 0 Å². The molecule has 0 radical (unpaired) electrons. The summed E-state index contributed by atoms with van der Waals surface area (Å²) in [5, 5.41) is 5.05. The number of primary sulfonamides is 1. The lowest BCUT2D eigenvalue weighted by molar-refractivity contribution is 0.510. The van der Waals surface area contributed by atoms with Crippen LogP contribution in [-0.2, 0) is 16.6 Å². The molecule has 8 heteroatoms. The van der Waals surface area contributed by atoms with Gasteiger partial charge >= 0.3 is 0 Å². The lowest BCUT2D eigenvalue weighted by Gasteiger charge is -2.09. The zero-order valence-corrected chi connectivity index (χ0v) is 13.2. The van der Waals surface area contributed by atoms with Crippen molar-refractivity contribution in [2.24, 2.45) is 5.14 Å². The Morgan fingerprint density at radius 3 is 2.46 bits per heavy atom. The molecule has 0 saturated heterocycles. The summed E-state index contributed by atoms with van der Waals surface area (Å²) in [4.78, 5) is 4.09. The third-order valence-electron chi connectivity index (χ3n) is 3.51. The summed E-state index contributed by atoms with van der Waals surface area (Å²) >= 11 is 0. The van der Waals surface area contributed by atoms with E-state index >= 15 is 0 Å². The van der Waals surface area contributed by atoms with E-state index in [4.69, 9.17) is 5.14 Å². The van der Waals surface area contributed by atoms with Gasteiger partial charge in [-0.15, -0.1) is 0 Å². The van der Waals surface area contributed by atoms with E-state index in [1.807, 2.05) is 0 Å². The third kappa shape index (κ3) is 3.19. The molecule has 124 valence electrons. The van der Waals surface area contributed by atoms with Gasteiger partial charge in [-0.1, -0.05) is 18.2 Å². The van der Waals surface area contributed by atoms with E-state index < -0.39 is 21.7 Å². The number of nitrogens with zero attached hydrogens (tertiary/aromatic N) is 2. The van der Waals surface area contributed by atoms with Crippen molar-refractivity contribution in [2.75, 3.05) is 0 Å². The maximum absolute atomic E-state index is 14.0. The summed E-state index contributed by atoms with van der Waals surface area (Å²) in [5.41, 5.74) is 0.819. The van der Waals surface area contributed by atoms with Crippen molar-refractivity contribution in [1.29, 1.82) is 0 Å². The highest BCUT2D eigenvalue weighted by Gasteiger charge is 2.15. The number of aromatic nitrogens is 2. The highest BCUT2D eigenvalue weighted by Crippen LogP contribution is 2.23. The van der Waals surface area contributed by atoms with E-state index in [2.05, 4.69) is 4.98 Å². The minimum absolute atomic E-state index is 0.00767. The molecule has 3 rings (SSSR count). The van der Waals surface area contributed by atoms with Crippen LogP contribution in [0.15, 0.2) is 59.8 Å². The van der Waals surface area contributed by atoms with Crippen molar-refractivity contribution < 1.29 is 17.2 Å². The van der Waals surface area contributed by atoms with Crippen LogP contribution in [0.3, 0.4) is 0 Å². The molecule has 0 unspecified atom stereocenters. The zero-order valence-electron chi connectivity index (χ0n) is 12.4. The molecule has 0 spiro atoms. The first-order valence-corrected chi connectivity index (χ1v) is 8.48. The van der Waals surface area contributed by atoms with E-state index in [-0.39, 0.29) is 16.3 Å². The molecule has 2 aromatic carbocycles. The van der Waals surface area contributed by atoms with E-state index in [1.54, 1.807) is 22.9 Å². The maximum atomic E-state index is 14.0. The molecule has 0 atom stereocenters. The second-order valence-electron chi connectivity index (χ2n) is 5.17. The van der Waals surface area contributed by atoms with Crippen LogP contribution < -0.4 is 5.14 Å². The van der Waals surface area contributed by atoms with Crippen molar-refractivity contribution in [3.05, 3.63) is 72.1 Å². The van der Waals surface area contributed by atoms with Gasteiger partial charge < -0.3 is 4.57 Å². The van der Waals surface area contributed by atoms with Gasteiger partial charge in [0.1, 0.15) is 5.82 Å². The Bertz CT molecular complexity index is 983. The number of imidazole rings is 1. The molecule has 0 aliphatic rings. The SMILES string of the molecule is NS(=O)(=O)c1ccc(Cn2ccnc2-c2cccc(F)c2F)cc1. The Kier molecular flexibility index (Phi) is 4.16. The number of hydrogen-bond donors (Lipinski definition) is 1. The highest BCUT2D eigenvalue weighted by atomic mass is 32.2. The van der Waals surface area contributed by atoms with E-state index in [1.165, 1.54) is 30.5 Å². The quantitative estimate of drug-likeness (QED) is 0.786. The topological polar surface area (TPSA) is 78.0 Å². The standard InChI is InChI=1S/C16H13F2N3O2S/c17-14-3-1-2-13(15(14)18)16-20-8-9-21(16)10-11-4-6-12(7-5-11)24(19,22)23/h1-9H,10H2,(H2,19,22,23). The maximum Gasteiger partial charge on any atom is 0.238 e. The van der Waals surface area contributed by atoms with Gasteiger partial charge in [-0.3, -0.25) is 0 Å². The lowest BCUT2D eigenvalue weighted by atomic mass is 10.1. The summed E-state index contributed by atoms with van der Waals surface area (Å²) in [6.45, 7) is 0.316. The zero-order chi connectivity index (χ0) is 17.3. The van der Waals surface area contributed by atoms with Gasteiger partial charge in [-0.25, -0.2) is 27.3 Å². The molecule has 0 saturated carbocycles. The first kappa shape index (κ1) is 16.3. The number of halogens is 2. The van der Waals surface area contributed by atoms with Gasteiger partial charge in [0.05, 0.1) is 10.5 Å². The normalized spacial score (nSPS) is 11.6. The summed E-state index contributed by atoms with van der Waals surface area (Å²) in [7, 11) is -3.75. The second kappa shape index (κ2) is 6.14. The number of benzene rings is 2. The summed E-state index contributed by atoms with van der Waals surface area (Å²) in [5.74, 6) is -1.63. The minimum atomic E-state index is -3.75. The minimum Gasteiger partial charge on any atom is -0.326 e. The smallest absolute Gasteiger partial charge is 0.238 e. The molecule has 0 bridgehead atoms.